The van der Waals surface area contributed by atoms with E-state index in [4.69, 9.17) is 10.8 Å². The van der Waals surface area contributed by atoms with Crippen LogP contribution < -0.4 is 11.9 Å². The van der Waals surface area contributed by atoms with Crippen LogP contribution in [0.25, 0.3) is 0 Å². The molecule has 0 spiro atoms. The maximum absolute atomic E-state index is 8.58. The Kier molecular flexibility index (Phi) is 27.6. The molecule has 0 fully saturated rings. The minimum absolute atomic E-state index is 0. The Labute approximate surface area is 107 Å². The highest BCUT2D eigenvalue weighted by atomic mass is 35.5. The number of halogens is 1. The molecule has 0 atom stereocenters. The molecule has 0 unspecified atom stereocenters. The first-order valence-corrected chi connectivity index (χ1v) is 6.22. The van der Waals surface area contributed by atoms with Gasteiger partial charge in [-0.3, -0.25) is 0 Å². The van der Waals surface area contributed by atoms with Gasteiger partial charge in [0.1, 0.15) is 0 Å². The van der Waals surface area contributed by atoms with Crippen molar-refractivity contribution in [2.75, 3.05) is 13.2 Å². The van der Waals surface area contributed by atoms with Gasteiger partial charge in [-0.1, -0.05) is 51.4 Å². The molecule has 0 saturated heterocycles. The van der Waals surface area contributed by atoms with E-state index in [1.165, 1.54) is 57.8 Å². The molecule has 0 saturated carbocycles. The van der Waals surface area contributed by atoms with Gasteiger partial charge in [0, 0.05) is 6.61 Å². The fourth-order valence-corrected chi connectivity index (χ4v) is 1.67. The summed E-state index contributed by atoms with van der Waals surface area (Å²) in [5.74, 6) is 0. The normalized spacial score (nSPS) is 9.38. The lowest BCUT2D eigenvalue weighted by Crippen LogP contribution is -1.97. The SMILES string of the molecule is Cl.N.NCCCCCCCCCCCCO. The summed E-state index contributed by atoms with van der Waals surface area (Å²) in [6.45, 7) is 1.21. The number of hydrogen-bond acceptors (Lipinski definition) is 3. The van der Waals surface area contributed by atoms with Gasteiger partial charge in [-0.15, -0.1) is 12.4 Å². The average molecular weight is 255 g/mol. The van der Waals surface area contributed by atoms with E-state index in [0.29, 0.717) is 6.61 Å². The van der Waals surface area contributed by atoms with Crippen molar-refractivity contribution in [1.29, 1.82) is 0 Å². The summed E-state index contributed by atoms with van der Waals surface area (Å²) in [7, 11) is 0. The molecule has 0 rings (SSSR count). The Morgan fingerprint density at radius 1 is 0.625 bits per heavy atom. The Morgan fingerprint density at radius 3 is 1.25 bits per heavy atom. The largest absolute Gasteiger partial charge is 0.396 e. The van der Waals surface area contributed by atoms with Crippen LogP contribution in [0, 0.1) is 0 Å². The third-order valence-electron chi connectivity index (χ3n) is 2.61. The number of nitrogens with two attached hydrogens (primary N) is 1. The van der Waals surface area contributed by atoms with Crippen molar-refractivity contribution in [3.05, 3.63) is 0 Å². The molecule has 0 aliphatic heterocycles. The van der Waals surface area contributed by atoms with Crippen molar-refractivity contribution in [3.8, 4) is 0 Å². The first-order valence-electron chi connectivity index (χ1n) is 6.22. The molecular formula is C12H31ClN2O. The summed E-state index contributed by atoms with van der Waals surface area (Å²) in [5, 5.41) is 8.58. The van der Waals surface area contributed by atoms with Gasteiger partial charge in [-0.2, -0.15) is 0 Å². The van der Waals surface area contributed by atoms with Gasteiger partial charge < -0.3 is 17.0 Å². The van der Waals surface area contributed by atoms with E-state index >= 15 is 0 Å². The second kappa shape index (κ2) is 20.6. The van der Waals surface area contributed by atoms with Crippen molar-refractivity contribution < 1.29 is 5.11 Å². The molecule has 0 aromatic carbocycles. The molecule has 0 radical (unpaired) electrons. The maximum Gasteiger partial charge on any atom is 0.0431 e. The minimum Gasteiger partial charge on any atom is -0.396 e. The third kappa shape index (κ3) is 19.7. The van der Waals surface area contributed by atoms with Gasteiger partial charge in [0.2, 0.25) is 0 Å². The van der Waals surface area contributed by atoms with E-state index in [1.807, 2.05) is 0 Å². The Balaban J connectivity index is -0.000000845. The molecule has 0 aliphatic rings. The Morgan fingerprint density at radius 2 is 0.938 bits per heavy atom. The lowest BCUT2D eigenvalue weighted by molar-refractivity contribution is 0.282. The molecule has 4 heteroatoms. The third-order valence-corrected chi connectivity index (χ3v) is 2.61. The Bertz CT molecular complexity index is 93.0. The fraction of sp³-hybridized carbons (Fsp3) is 1.00. The zero-order valence-electron chi connectivity index (χ0n) is 10.6. The highest BCUT2D eigenvalue weighted by Gasteiger charge is 1.91. The van der Waals surface area contributed by atoms with Crippen molar-refractivity contribution in [2.24, 2.45) is 5.73 Å². The van der Waals surface area contributed by atoms with Gasteiger partial charge >= 0.3 is 0 Å². The van der Waals surface area contributed by atoms with E-state index in [1.54, 1.807) is 0 Å². The van der Waals surface area contributed by atoms with E-state index < -0.39 is 0 Å². The summed E-state index contributed by atoms with van der Waals surface area (Å²) >= 11 is 0. The zero-order chi connectivity index (χ0) is 10.5. The van der Waals surface area contributed by atoms with Crippen molar-refractivity contribution >= 4 is 12.4 Å². The van der Waals surface area contributed by atoms with Crippen LogP contribution >= 0.6 is 12.4 Å². The van der Waals surface area contributed by atoms with E-state index in [2.05, 4.69) is 0 Å². The van der Waals surface area contributed by atoms with Gasteiger partial charge in [-0.05, 0) is 19.4 Å². The molecule has 6 N–H and O–H groups in total. The molecule has 0 aliphatic carbocycles. The number of unbranched alkanes of at least 4 members (excludes halogenated alkanes) is 9. The zero-order valence-corrected chi connectivity index (χ0v) is 11.4. The van der Waals surface area contributed by atoms with Gasteiger partial charge in [0.05, 0.1) is 0 Å². The molecule has 16 heavy (non-hydrogen) atoms. The van der Waals surface area contributed by atoms with Crippen molar-refractivity contribution in [2.45, 2.75) is 64.2 Å². The van der Waals surface area contributed by atoms with Crippen molar-refractivity contribution in [3.63, 3.8) is 0 Å². The predicted octanol–water partition coefficient (Wildman–Crippen LogP) is 3.42. The standard InChI is InChI=1S/C12H27NO.ClH.H3N/c13-11-9-7-5-3-1-2-4-6-8-10-12-14;;/h14H,1-13H2;1H;1H3. The predicted molar refractivity (Wildman–Crippen MR) is 74.6 cm³/mol. The second-order valence-corrected chi connectivity index (χ2v) is 4.05. The first kappa shape index (κ1) is 21.5. The molecule has 0 heterocycles. The molecule has 3 nitrogen and oxygen atoms in total. The summed E-state index contributed by atoms with van der Waals surface area (Å²) in [4.78, 5) is 0. The van der Waals surface area contributed by atoms with E-state index in [9.17, 15) is 0 Å². The number of aliphatic hydroxyl groups is 1. The summed E-state index contributed by atoms with van der Waals surface area (Å²) < 4.78 is 0. The minimum atomic E-state index is 0. The number of aliphatic hydroxyl groups excluding tert-OH is 1. The van der Waals surface area contributed by atoms with Gasteiger partial charge in [0.15, 0.2) is 0 Å². The maximum atomic E-state index is 8.58. The highest BCUT2D eigenvalue weighted by Crippen LogP contribution is 2.09. The summed E-state index contributed by atoms with van der Waals surface area (Å²) in [6.07, 6.45) is 12.8. The average Bonchev–Trinajstić information content (AvgIpc) is 2.21. The van der Waals surface area contributed by atoms with Crippen LogP contribution in [0.2, 0.25) is 0 Å². The van der Waals surface area contributed by atoms with Crippen molar-refractivity contribution in [1.82, 2.24) is 6.15 Å². The number of hydrogen-bond donors (Lipinski definition) is 3. The summed E-state index contributed by atoms with van der Waals surface area (Å²) in [5.41, 5.74) is 5.42. The smallest absolute Gasteiger partial charge is 0.0431 e. The fourth-order valence-electron chi connectivity index (χ4n) is 1.67. The van der Waals surface area contributed by atoms with Gasteiger partial charge in [-0.25, -0.2) is 0 Å². The molecule has 0 aromatic heterocycles. The van der Waals surface area contributed by atoms with Crippen LogP contribution in [0.15, 0.2) is 0 Å². The van der Waals surface area contributed by atoms with Crippen LogP contribution in [0.5, 0.6) is 0 Å². The molecular weight excluding hydrogens is 224 g/mol. The first-order chi connectivity index (χ1) is 6.91. The van der Waals surface area contributed by atoms with Crippen LogP contribution in [0.1, 0.15) is 64.2 Å². The van der Waals surface area contributed by atoms with E-state index in [-0.39, 0.29) is 18.6 Å². The quantitative estimate of drug-likeness (QED) is 0.494. The topological polar surface area (TPSA) is 81.2 Å². The van der Waals surface area contributed by atoms with Gasteiger partial charge in [0.25, 0.3) is 0 Å². The second-order valence-electron chi connectivity index (χ2n) is 4.05. The highest BCUT2D eigenvalue weighted by molar-refractivity contribution is 5.85. The lowest BCUT2D eigenvalue weighted by atomic mass is 10.1. The van der Waals surface area contributed by atoms with Crippen LogP contribution in [0.4, 0.5) is 0 Å². The summed E-state index contributed by atoms with van der Waals surface area (Å²) in [6, 6.07) is 0. The monoisotopic (exact) mass is 254 g/mol. The van der Waals surface area contributed by atoms with E-state index in [0.717, 1.165) is 13.0 Å². The number of rotatable bonds is 11. The van der Waals surface area contributed by atoms with Crippen LogP contribution in [-0.4, -0.2) is 18.3 Å². The molecule has 0 amide bonds. The molecule has 102 valence electrons. The van der Waals surface area contributed by atoms with Crippen LogP contribution in [0.3, 0.4) is 0 Å². The lowest BCUT2D eigenvalue weighted by Gasteiger charge is -2.01. The van der Waals surface area contributed by atoms with Crippen LogP contribution in [-0.2, 0) is 0 Å². The Hall–Kier alpha value is 0.170. The molecule has 0 aromatic rings. The molecule has 0 bridgehead atoms.